The highest BCUT2D eigenvalue weighted by Crippen LogP contribution is 2.47. The number of ether oxygens (including phenoxy) is 1. The number of hydrogen-bond acceptors (Lipinski definition) is 3. The second-order valence-electron chi connectivity index (χ2n) is 5.51. The zero-order valence-corrected chi connectivity index (χ0v) is 10.1. The molecule has 0 radical (unpaired) electrons. The molecule has 0 aromatic carbocycles. The molecular formula is C11H22N2O2. The number of carbonyl (C=O) groups excluding carboxylic acids is 1. The van der Waals surface area contributed by atoms with Crippen molar-refractivity contribution in [3.63, 3.8) is 0 Å². The van der Waals surface area contributed by atoms with Crippen LogP contribution in [0.2, 0.25) is 0 Å². The summed E-state index contributed by atoms with van der Waals surface area (Å²) < 4.78 is 5.15. The zero-order chi connectivity index (χ0) is 11.7. The Labute approximate surface area is 91.5 Å². The first kappa shape index (κ1) is 12.3. The number of amides is 1. The maximum absolute atomic E-state index is 11.4. The number of rotatable bonds is 3. The Hall–Kier alpha value is -0.770. The molecule has 1 atom stereocenters. The summed E-state index contributed by atoms with van der Waals surface area (Å²) in [5.41, 5.74) is 5.54. The Kier molecular flexibility index (Phi) is 3.28. The highest BCUT2D eigenvalue weighted by molar-refractivity contribution is 5.67. The predicted octanol–water partition coefficient (Wildman–Crippen LogP) is 1.64. The zero-order valence-electron chi connectivity index (χ0n) is 10.1. The molecule has 0 aromatic heterocycles. The number of carbonyl (C=O) groups is 1. The Morgan fingerprint density at radius 1 is 1.53 bits per heavy atom. The van der Waals surface area contributed by atoms with Crippen LogP contribution < -0.4 is 11.1 Å². The molecule has 1 saturated carbocycles. The molecule has 3 N–H and O–H groups in total. The summed E-state index contributed by atoms with van der Waals surface area (Å²) in [6, 6.07) is 0.132. The Balaban J connectivity index is 2.29. The number of nitrogens with two attached hydrogens (primary N) is 1. The SMILES string of the molecule is CC(N)C1(CNC(=O)OC(C)(C)C)CC1. The van der Waals surface area contributed by atoms with Crippen molar-refractivity contribution in [2.24, 2.45) is 11.1 Å². The first-order chi connectivity index (χ1) is 6.75. The molecular weight excluding hydrogens is 192 g/mol. The van der Waals surface area contributed by atoms with E-state index in [-0.39, 0.29) is 17.6 Å². The van der Waals surface area contributed by atoms with Crippen molar-refractivity contribution >= 4 is 6.09 Å². The van der Waals surface area contributed by atoms with Crippen LogP contribution in [0.3, 0.4) is 0 Å². The third kappa shape index (κ3) is 3.70. The summed E-state index contributed by atoms with van der Waals surface area (Å²) in [6.07, 6.45) is 1.84. The van der Waals surface area contributed by atoms with E-state index in [1.165, 1.54) is 0 Å². The van der Waals surface area contributed by atoms with Gasteiger partial charge in [0.25, 0.3) is 0 Å². The summed E-state index contributed by atoms with van der Waals surface area (Å²) in [7, 11) is 0. The molecule has 1 fully saturated rings. The average Bonchev–Trinajstić information content (AvgIpc) is 2.77. The van der Waals surface area contributed by atoms with Crippen molar-refractivity contribution in [1.29, 1.82) is 0 Å². The minimum absolute atomic E-state index is 0.122. The van der Waals surface area contributed by atoms with E-state index < -0.39 is 5.60 Å². The van der Waals surface area contributed by atoms with Crippen molar-refractivity contribution in [1.82, 2.24) is 5.32 Å². The molecule has 88 valence electrons. The van der Waals surface area contributed by atoms with Crippen LogP contribution >= 0.6 is 0 Å². The van der Waals surface area contributed by atoms with Crippen LogP contribution in [-0.4, -0.2) is 24.3 Å². The fraction of sp³-hybridized carbons (Fsp3) is 0.909. The van der Waals surface area contributed by atoms with Crippen LogP contribution in [0.15, 0.2) is 0 Å². The third-order valence-electron chi connectivity index (χ3n) is 2.84. The van der Waals surface area contributed by atoms with Crippen LogP contribution in [-0.2, 0) is 4.74 Å². The van der Waals surface area contributed by atoms with Crippen molar-refractivity contribution in [3.8, 4) is 0 Å². The van der Waals surface area contributed by atoms with E-state index in [1.807, 2.05) is 27.7 Å². The predicted molar refractivity (Wildman–Crippen MR) is 59.6 cm³/mol. The molecule has 1 rings (SSSR count). The molecule has 0 heterocycles. The van der Waals surface area contributed by atoms with E-state index in [2.05, 4.69) is 5.32 Å². The van der Waals surface area contributed by atoms with Crippen molar-refractivity contribution in [2.45, 2.75) is 52.2 Å². The van der Waals surface area contributed by atoms with Crippen molar-refractivity contribution < 1.29 is 9.53 Å². The Bertz CT molecular complexity index is 239. The van der Waals surface area contributed by atoms with Gasteiger partial charge in [-0.2, -0.15) is 0 Å². The van der Waals surface area contributed by atoms with E-state index >= 15 is 0 Å². The van der Waals surface area contributed by atoms with Gasteiger partial charge in [0.2, 0.25) is 0 Å². The smallest absolute Gasteiger partial charge is 0.407 e. The van der Waals surface area contributed by atoms with Crippen LogP contribution in [0.4, 0.5) is 4.79 Å². The highest BCUT2D eigenvalue weighted by atomic mass is 16.6. The van der Waals surface area contributed by atoms with Gasteiger partial charge in [0.05, 0.1) is 0 Å². The quantitative estimate of drug-likeness (QED) is 0.750. The lowest BCUT2D eigenvalue weighted by Crippen LogP contribution is -2.41. The fourth-order valence-corrected chi connectivity index (χ4v) is 1.52. The van der Waals surface area contributed by atoms with Gasteiger partial charge in [-0.15, -0.1) is 0 Å². The topological polar surface area (TPSA) is 64.3 Å². The highest BCUT2D eigenvalue weighted by Gasteiger charge is 2.46. The van der Waals surface area contributed by atoms with Gasteiger partial charge < -0.3 is 15.8 Å². The largest absolute Gasteiger partial charge is 0.444 e. The number of alkyl carbamates (subject to hydrolysis) is 1. The number of nitrogens with one attached hydrogen (secondary N) is 1. The summed E-state index contributed by atoms with van der Waals surface area (Å²) in [5, 5.41) is 2.78. The lowest BCUT2D eigenvalue weighted by atomic mass is 9.99. The van der Waals surface area contributed by atoms with E-state index in [0.29, 0.717) is 6.54 Å². The maximum Gasteiger partial charge on any atom is 0.407 e. The lowest BCUT2D eigenvalue weighted by Gasteiger charge is -2.23. The van der Waals surface area contributed by atoms with Gasteiger partial charge in [0.15, 0.2) is 0 Å². The van der Waals surface area contributed by atoms with Crippen LogP contribution in [0.1, 0.15) is 40.5 Å². The maximum atomic E-state index is 11.4. The first-order valence-electron chi connectivity index (χ1n) is 5.48. The average molecular weight is 214 g/mol. The summed E-state index contributed by atoms with van der Waals surface area (Å²) in [5.74, 6) is 0. The molecule has 15 heavy (non-hydrogen) atoms. The summed E-state index contributed by atoms with van der Waals surface area (Å²) in [6.45, 7) is 8.17. The van der Waals surface area contributed by atoms with Gasteiger partial charge in [-0.1, -0.05) is 0 Å². The van der Waals surface area contributed by atoms with Gasteiger partial charge in [0, 0.05) is 18.0 Å². The monoisotopic (exact) mass is 214 g/mol. The van der Waals surface area contributed by atoms with Crippen LogP contribution in [0.5, 0.6) is 0 Å². The van der Waals surface area contributed by atoms with E-state index in [9.17, 15) is 4.79 Å². The van der Waals surface area contributed by atoms with Gasteiger partial charge in [-0.05, 0) is 40.5 Å². The van der Waals surface area contributed by atoms with E-state index in [4.69, 9.17) is 10.5 Å². The van der Waals surface area contributed by atoms with Gasteiger partial charge >= 0.3 is 6.09 Å². The fourth-order valence-electron chi connectivity index (χ4n) is 1.52. The Morgan fingerprint density at radius 2 is 2.07 bits per heavy atom. The molecule has 1 unspecified atom stereocenters. The second-order valence-corrected chi connectivity index (χ2v) is 5.51. The van der Waals surface area contributed by atoms with E-state index in [0.717, 1.165) is 12.8 Å². The molecule has 0 aliphatic heterocycles. The molecule has 0 aromatic rings. The Morgan fingerprint density at radius 3 is 2.40 bits per heavy atom. The minimum Gasteiger partial charge on any atom is -0.444 e. The molecule has 1 aliphatic rings. The minimum atomic E-state index is -0.435. The van der Waals surface area contributed by atoms with Gasteiger partial charge in [-0.25, -0.2) is 4.79 Å². The summed E-state index contributed by atoms with van der Waals surface area (Å²) in [4.78, 5) is 11.4. The van der Waals surface area contributed by atoms with Crippen molar-refractivity contribution in [3.05, 3.63) is 0 Å². The van der Waals surface area contributed by atoms with Crippen LogP contribution in [0.25, 0.3) is 0 Å². The van der Waals surface area contributed by atoms with E-state index in [1.54, 1.807) is 0 Å². The number of hydrogen-bond donors (Lipinski definition) is 2. The third-order valence-corrected chi connectivity index (χ3v) is 2.84. The van der Waals surface area contributed by atoms with Crippen molar-refractivity contribution in [2.75, 3.05) is 6.54 Å². The summed E-state index contributed by atoms with van der Waals surface area (Å²) >= 11 is 0. The molecule has 0 spiro atoms. The lowest BCUT2D eigenvalue weighted by molar-refractivity contribution is 0.0514. The molecule has 4 nitrogen and oxygen atoms in total. The van der Waals surface area contributed by atoms with Gasteiger partial charge in [0.1, 0.15) is 5.60 Å². The molecule has 4 heteroatoms. The first-order valence-corrected chi connectivity index (χ1v) is 5.48. The molecule has 0 bridgehead atoms. The van der Waals surface area contributed by atoms with Crippen LogP contribution in [0, 0.1) is 5.41 Å². The normalized spacial score (nSPS) is 20.6. The second kappa shape index (κ2) is 4.00. The molecule has 1 aliphatic carbocycles. The van der Waals surface area contributed by atoms with Gasteiger partial charge in [-0.3, -0.25) is 0 Å². The standard InChI is InChI=1S/C11H22N2O2/c1-8(12)11(5-6-11)7-13-9(14)15-10(2,3)4/h8H,5-7,12H2,1-4H3,(H,13,14). The molecule has 1 amide bonds. The molecule has 0 saturated heterocycles.